The summed E-state index contributed by atoms with van der Waals surface area (Å²) < 4.78 is 31.2. The molecule has 0 spiro atoms. The summed E-state index contributed by atoms with van der Waals surface area (Å²) in [5.74, 6) is -0.244. The molecule has 33 heavy (non-hydrogen) atoms. The molecule has 2 fully saturated rings. The highest BCUT2D eigenvalue weighted by atomic mass is 19.1. The molecule has 184 valence electrons. The Morgan fingerprint density at radius 3 is 2.67 bits per heavy atom. The van der Waals surface area contributed by atoms with Crippen LogP contribution in [0.4, 0.5) is 21.7 Å². The Labute approximate surface area is 190 Å². The number of quaternary nitrogens is 1. The van der Waals surface area contributed by atoms with E-state index in [2.05, 4.69) is 21.9 Å². The van der Waals surface area contributed by atoms with E-state index in [1.165, 1.54) is 6.34 Å². The molecule has 0 aromatic carbocycles. The van der Waals surface area contributed by atoms with Gasteiger partial charge in [0.05, 0.1) is 25.7 Å². The number of nitrogens with zero attached hydrogens (tertiary/aromatic N) is 4. The first kappa shape index (κ1) is 24.3. The van der Waals surface area contributed by atoms with Crippen LogP contribution in [0.3, 0.4) is 0 Å². The minimum atomic E-state index is -1.50. The summed E-state index contributed by atoms with van der Waals surface area (Å²) in [6.45, 7) is 2.20. The smallest absolute Gasteiger partial charge is 0.315 e. The van der Waals surface area contributed by atoms with E-state index >= 15 is 0 Å². The monoisotopic (exact) mass is 472 g/mol. The number of aliphatic hydroxyl groups excluding tert-OH is 4. The summed E-state index contributed by atoms with van der Waals surface area (Å²) in [6, 6.07) is 0. The number of ether oxygens (including phenoxy) is 3. The Kier molecular flexibility index (Phi) is 7.21. The van der Waals surface area contributed by atoms with Gasteiger partial charge in [-0.1, -0.05) is 19.8 Å². The fourth-order valence-corrected chi connectivity index (χ4v) is 4.61. The number of aromatic nitrogens is 2. The summed E-state index contributed by atoms with van der Waals surface area (Å²) in [7, 11) is 0. The van der Waals surface area contributed by atoms with Gasteiger partial charge in [-0.25, -0.2) is 0 Å². The second-order valence-electron chi connectivity index (χ2n) is 8.57. The first-order valence-corrected chi connectivity index (χ1v) is 11.1. The van der Waals surface area contributed by atoms with Crippen LogP contribution in [-0.2, 0) is 14.2 Å². The molecule has 13 heteroatoms. The molecule has 1 aromatic rings. The van der Waals surface area contributed by atoms with E-state index in [1.54, 1.807) is 0 Å². The van der Waals surface area contributed by atoms with Crippen LogP contribution >= 0.6 is 0 Å². The third kappa shape index (κ3) is 4.23. The second kappa shape index (κ2) is 9.80. The SMILES string of the molecule is CCCCCOC[C@H]1O[C@@H]([N+]2([C@@H]3O[C@H](CO)[C@@H](O)[C@H]3O)C=Nc3c(N)nc(F)nc32)C[C@H]1O. The third-order valence-corrected chi connectivity index (χ3v) is 6.40. The largest absolute Gasteiger partial charge is 0.394 e. The molecule has 6 N–H and O–H groups in total. The Balaban J connectivity index is 1.65. The molecule has 4 heterocycles. The highest BCUT2D eigenvalue weighted by Gasteiger charge is 2.63. The fourth-order valence-electron chi connectivity index (χ4n) is 4.61. The average Bonchev–Trinajstić information content (AvgIpc) is 3.43. The molecular formula is C20H31FN5O7+. The molecular weight excluding hydrogens is 441 g/mol. The van der Waals surface area contributed by atoms with E-state index in [0.29, 0.717) is 6.61 Å². The molecule has 0 saturated carbocycles. The average molecular weight is 472 g/mol. The number of nitrogens with two attached hydrogens (primary N) is 1. The number of anilines is 1. The summed E-state index contributed by atoms with van der Waals surface area (Å²) in [6.07, 6.45) is -4.55. The van der Waals surface area contributed by atoms with E-state index in [0.717, 1.165) is 19.3 Å². The van der Waals surface area contributed by atoms with Crippen LogP contribution in [0.2, 0.25) is 0 Å². The number of hydrogen-bond acceptors (Lipinski definition) is 11. The fraction of sp³-hybridized carbons (Fsp3) is 0.750. The number of halogens is 1. The third-order valence-electron chi connectivity index (χ3n) is 6.40. The lowest BCUT2D eigenvalue weighted by Crippen LogP contribution is -2.65. The number of unbranched alkanes of at least 4 members (excludes halogenated alkanes) is 2. The zero-order chi connectivity index (χ0) is 23.8. The molecule has 1 aromatic heterocycles. The van der Waals surface area contributed by atoms with Crippen molar-refractivity contribution in [3.8, 4) is 0 Å². The molecule has 8 atom stereocenters. The van der Waals surface area contributed by atoms with E-state index in [4.69, 9.17) is 19.9 Å². The molecule has 0 aliphatic carbocycles. The summed E-state index contributed by atoms with van der Waals surface area (Å²) in [5.41, 5.74) is 5.92. The van der Waals surface area contributed by atoms with Crippen molar-refractivity contribution in [1.82, 2.24) is 14.5 Å². The zero-order valence-electron chi connectivity index (χ0n) is 18.3. The van der Waals surface area contributed by atoms with Crippen molar-refractivity contribution >= 4 is 23.7 Å². The van der Waals surface area contributed by atoms with Gasteiger partial charge in [0, 0.05) is 6.61 Å². The van der Waals surface area contributed by atoms with Gasteiger partial charge in [0.1, 0.15) is 18.3 Å². The minimum absolute atomic E-state index is 0.0310. The van der Waals surface area contributed by atoms with Crippen LogP contribution in [0.5, 0.6) is 0 Å². The second-order valence-corrected chi connectivity index (χ2v) is 8.57. The Bertz CT molecular complexity index is 879. The van der Waals surface area contributed by atoms with Gasteiger partial charge in [-0.15, -0.1) is 4.98 Å². The van der Waals surface area contributed by atoms with Gasteiger partial charge in [0.15, 0.2) is 17.6 Å². The standard InChI is InChI=1S/C20H31FN5O7/c1-2-3-4-5-31-8-12-10(28)6-13(32-12)26(19-16(30)15(29)11(7-27)33-19)9-23-14-17(22)24-20(21)25-18(14)26/h9-13,15-16,19,27-30H,2-8H2,1H3,(H2,22,24,25)/q+1/t10-,11-,12-,13-,15-,16-,19-,26?/m1/s1. The van der Waals surface area contributed by atoms with Crippen molar-refractivity contribution in [3.05, 3.63) is 6.08 Å². The molecule has 12 nitrogen and oxygen atoms in total. The van der Waals surface area contributed by atoms with Gasteiger partial charge in [-0.05, 0) is 6.42 Å². The van der Waals surface area contributed by atoms with Crippen LogP contribution in [0, 0.1) is 6.08 Å². The van der Waals surface area contributed by atoms with Crippen LogP contribution in [0.15, 0.2) is 4.99 Å². The van der Waals surface area contributed by atoms with Crippen molar-refractivity contribution in [2.75, 3.05) is 25.6 Å². The Morgan fingerprint density at radius 2 is 1.97 bits per heavy atom. The van der Waals surface area contributed by atoms with Gasteiger partial charge in [0.2, 0.25) is 18.8 Å². The lowest BCUT2D eigenvalue weighted by atomic mass is 10.1. The number of rotatable bonds is 9. The number of aliphatic hydroxyl groups is 4. The molecule has 2 saturated heterocycles. The maximum absolute atomic E-state index is 14.2. The maximum Gasteiger partial charge on any atom is 0.315 e. The molecule has 4 rings (SSSR count). The molecule has 0 radical (unpaired) electrons. The molecule has 1 unspecified atom stereocenters. The summed E-state index contributed by atoms with van der Waals surface area (Å²) >= 11 is 0. The number of hydrogen-bond donors (Lipinski definition) is 5. The quantitative estimate of drug-likeness (QED) is 0.176. The van der Waals surface area contributed by atoms with E-state index < -0.39 is 60.1 Å². The van der Waals surface area contributed by atoms with Crippen molar-refractivity contribution in [2.24, 2.45) is 4.99 Å². The van der Waals surface area contributed by atoms with Gasteiger partial charge in [-0.2, -0.15) is 18.8 Å². The minimum Gasteiger partial charge on any atom is -0.394 e. The highest BCUT2D eigenvalue weighted by Crippen LogP contribution is 2.48. The predicted octanol–water partition coefficient (Wildman–Crippen LogP) is -0.700. The summed E-state index contributed by atoms with van der Waals surface area (Å²) in [4.78, 5) is 11.6. The zero-order valence-corrected chi connectivity index (χ0v) is 18.3. The van der Waals surface area contributed by atoms with Crippen LogP contribution in [0.1, 0.15) is 32.6 Å². The van der Waals surface area contributed by atoms with Gasteiger partial charge in [0.25, 0.3) is 5.82 Å². The van der Waals surface area contributed by atoms with E-state index in [-0.39, 0.29) is 30.4 Å². The summed E-state index contributed by atoms with van der Waals surface area (Å²) in [5, 5.41) is 41.4. The molecule has 0 amide bonds. The maximum atomic E-state index is 14.2. The van der Waals surface area contributed by atoms with Crippen LogP contribution in [0.25, 0.3) is 0 Å². The van der Waals surface area contributed by atoms with E-state index in [9.17, 15) is 24.8 Å². The van der Waals surface area contributed by atoms with Crippen LogP contribution in [-0.4, -0.2) is 99.5 Å². The number of aliphatic imine (C=N–C) groups is 1. The Hall–Kier alpha value is -1.84. The normalized spacial score (nSPS) is 37.7. The first-order valence-electron chi connectivity index (χ1n) is 11.1. The Morgan fingerprint density at radius 1 is 1.18 bits per heavy atom. The number of fused-ring (bicyclic) bond motifs is 1. The molecule has 3 aliphatic heterocycles. The van der Waals surface area contributed by atoms with E-state index in [1.807, 2.05) is 0 Å². The van der Waals surface area contributed by atoms with Crippen molar-refractivity contribution < 1.29 is 39.0 Å². The van der Waals surface area contributed by atoms with Crippen molar-refractivity contribution in [1.29, 1.82) is 0 Å². The topological polar surface area (TPSA) is 173 Å². The number of nitrogen functional groups attached to an aromatic ring is 1. The molecule has 0 bridgehead atoms. The highest BCUT2D eigenvalue weighted by molar-refractivity contribution is 5.91. The van der Waals surface area contributed by atoms with Gasteiger partial charge < -0.3 is 40.4 Å². The first-order chi connectivity index (χ1) is 15.8. The molecule has 3 aliphatic rings. The lowest BCUT2D eigenvalue weighted by Gasteiger charge is -2.39. The van der Waals surface area contributed by atoms with Crippen LogP contribution < -0.4 is 10.2 Å². The van der Waals surface area contributed by atoms with Gasteiger partial charge in [-0.3, -0.25) is 0 Å². The lowest BCUT2D eigenvalue weighted by molar-refractivity contribution is -0.136. The van der Waals surface area contributed by atoms with Gasteiger partial charge >= 0.3 is 6.08 Å². The predicted molar refractivity (Wildman–Crippen MR) is 114 cm³/mol. The van der Waals surface area contributed by atoms with Crippen molar-refractivity contribution in [3.63, 3.8) is 0 Å². The van der Waals surface area contributed by atoms with Crippen molar-refractivity contribution in [2.45, 2.75) is 75.6 Å².